The molecule has 1 heterocycles. The predicted octanol–water partition coefficient (Wildman–Crippen LogP) is 3.07. The van der Waals surface area contributed by atoms with E-state index < -0.39 is 0 Å². The van der Waals surface area contributed by atoms with Gasteiger partial charge in [0.15, 0.2) is 5.82 Å². The second-order valence-corrected chi connectivity index (χ2v) is 4.87. The number of carbonyl (C=O) groups excluding carboxylic acids is 1. The summed E-state index contributed by atoms with van der Waals surface area (Å²) in [4.78, 5) is 19.8. The Labute approximate surface area is 109 Å². The van der Waals surface area contributed by atoms with E-state index in [1.54, 1.807) is 6.20 Å². The zero-order valence-corrected chi connectivity index (χ0v) is 11.0. The van der Waals surface area contributed by atoms with Gasteiger partial charge in [0.2, 0.25) is 5.91 Å². The van der Waals surface area contributed by atoms with Crippen LogP contribution in [-0.2, 0) is 4.79 Å². The van der Waals surface area contributed by atoms with Crippen LogP contribution in [0.3, 0.4) is 0 Å². The number of nitrogens with one attached hydrogen (secondary N) is 1. The maximum atomic E-state index is 11.7. The Morgan fingerprint density at radius 1 is 1.35 bits per heavy atom. The van der Waals surface area contributed by atoms with Gasteiger partial charge in [0.1, 0.15) is 4.60 Å². The van der Waals surface area contributed by atoms with E-state index in [-0.39, 0.29) is 5.91 Å². The van der Waals surface area contributed by atoms with Crippen molar-refractivity contribution in [3.8, 4) is 0 Å². The fourth-order valence-electron chi connectivity index (χ4n) is 1.84. The Hall–Kier alpha value is -1.23. The average molecular weight is 296 g/mol. The van der Waals surface area contributed by atoms with Crippen molar-refractivity contribution in [3.05, 3.63) is 28.6 Å². The van der Waals surface area contributed by atoms with Crippen molar-refractivity contribution >= 4 is 27.7 Å². The zero-order chi connectivity index (χ0) is 12.1. The summed E-state index contributed by atoms with van der Waals surface area (Å²) >= 11 is 3.20. The van der Waals surface area contributed by atoms with Crippen LogP contribution in [0.25, 0.3) is 0 Å². The highest BCUT2D eigenvalue weighted by Gasteiger charge is 2.09. The van der Waals surface area contributed by atoms with E-state index in [9.17, 15) is 4.79 Å². The van der Waals surface area contributed by atoms with Crippen LogP contribution in [0.4, 0.5) is 5.82 Å². The second-order valence-electron chi connectivity index (χ2n) is 4.06. The quantitative estimate of drug-likeness (QED) is 0.872. The third-order valence-electron chi connectivity index (χ3n) is 2.66. The van der Waals surface area contributed by atoms with Gasteiger partial charge in [-0.3, -0.25) is 4.79 Å². The third kappa shape index (κ3) is 3.93. The monoisotopic (exact) mass is 295 g/mol. The van der Waals surface area contributed by atoms with E-state index in [4.69, 9.17) is 0 Å². The first-order chi connectivity index (χ1) is 8.24. The van der Waals surface area contributed by atoms with Crippen molar-refractivity contribution in [1.29, 1.82) is 0 Å². The van der Waals surface area contributed by atoms with Gasteiger partial charge in [0.05, 0.1) is 12.4 Å². The lowest BCUT2D eigenvalue weighted by Crippen LogP contribution is -2.14. The molecule has 1 aliphatic rings. The molecule has 2 rings (SSSR count). The highest BCUT2D eigenvalue weighted by atomic mass is 79.9. The maximum Gasteiger partial charge on any atom is 0.229 e. The largest absolute Gasteiger partial charge is 0.309 e. The van der Waals surface area contributed by atoms with Gasteiger partial charge in [-0.1, -0.05) is 11.6 Å². The van der Waals surface area contributed by atoms with Crippen LogP contribution in [0, 0.1) is 0 Å². The number of rotatable bonds is 3. The molecule has 0 unspecified atom stereocenters. The number of aromatic nitrogens is 2. The molecule has 1 aliphatic carbocycles. The van der Waals surface area contributed by atoms with Crippen molar-refractivity contribution in [3.63, 3.8) is 0 Å². The van der Waals surface area contributed by atoms with Crippen LogP contribution in [0.2, 0.25) is 0 Å². The Balaban J connectivity index is 1.88. The Morgan fingerprint density at radius 3 is 2.88 bits per heavy atom. The van der Waals surface area contributed by atoms with E-state index in [0.29, 0.717) is 16.8 Å². The summed E-state index contributed by atoms with van der Waals surface area (Å²) in [7, 11) is 0. The molecule has 0 fully saturated rings. The van der Waals surface area contributed by atoms with Crippen LogP contribution in [-0.4, -0.2) is 15.9 Å². The lowest BCUT2D eigenvalue weighted by atomic mass is 9.97. The molecule has 1 aromatic rings. The maximum absolute atomic E-state index is 11.7. The molecule has 0 saturated heterocycles. The second kappa shape index (κ2) is 5.91. The Morgan fingerprint density at radius 2 is 2.24 bits per heavy atom. The van der Waals surface area contributed by atoms with Crippen LogP contribution >= 0.6 is 15.9 Å². The summed E-state index contributed by atoms with van der Waals surface area (Å²) in [6.07, 6.45) is 10.3. The first-order valence-corrected chi connectivity index (χ1v) is 6.48. The number of carbonyl (C=O) groups is 1. The van der Waals surface area contributed by atoms with Crippen molar-refractivity contribution in [2.45, 2.75) is 32.1 Å². The summed E-state index contributed by atoms with van der Waals surface area (Å²) in [6, 6.07) is 0. The van der Waals surface area contributed by atoms with Gasteiger partial charge in [-0.2, -0.15) is 0 Å². The van der Waals surface area contributed by atoms with Crippen LogP contribution in [0.5, 0.6) is 0 Å². The normalized spacial score (nSPS) is 15.2. The fourth-order valence-corrected chi connectivity index (χ4v) is 2.04. The molecule has 4 nitrogen and oxygen atoms in total. The van der Waals surface area contributed by atoms with Gasteiger partial charge in [0, 0.05) is 6.42 Å². The van der Waals surface area contributed by atoms with Gasteiger partial charge >= 0.3 is 0 Å². The molecule has 1 aromatic heterocycles. The highest BCUT2D eigenvalue weighted by molar-refractivity contribution is 9.10. The van der Waals surface area contributed by atoms with E-state index in [0.717, 1.165) is 12.8 Å². The number of hydrogen-bond acceptors (Lipinski definition) is 3. The van der Waals surface area contributed by atoms with Crippen molar-refractivity contribution < 1.29 is 4.79 Å². The minimum atomic E-state index is -0.0187. The molecule has 0 spiro atoms. The summed E-state index contributed by atoms with van der Waals surface area (Å²) in [5.74, 6) is 0.476. The number of anilines is 1. The minimum absolute atomic E-state index is 0.0187. The standard InChI is InChI=1S/C12H14BrN3O/c13-10-7-15-11(8-14-10)16-12(17)6-9-4-2-1-3-5-9/h4,7-8H,1-3,5-6H2,(H,15,16,17). The fraction of sp³-hybridized carbons (Fsp3) is 0.417. The number of amides is 1. The van der Waals surface area contributed by atoms with E-state index in [1.807, 2.05) is 0 Å². The molecular weight excluding hydrogens is 282 g/mol. The van der Waals surface area contributed by atoms with Crippen LogP contribution < -0.4 is 5.32 Å². The Bertz CT molecular complexity index is 428. The molecule has 0 atom stereocenters. The third-order valence-corrected chi connectivity index (χ3v) is 3.07. The SMILES string of the molecule is O=C(CC1=CCCCC1)Nc1cnc(Br)cn1. The number of hydrogen-bond donors (Lipinski definition) is 1. The molecule has 0 bridgehead atoms. The van der Waals surface area contributed by atoms with Crippen LogP contribution in [0.15, 0.2) is 28.6 Å². The molecular formula is C12H14BrN3O. The van der Waals surface area contributed by atoms with Gasteiger partial charge in [-0.25, -0.2) is 9.97 Å². The predicted molar refractivity (Wildman–Crippen MR) is 69.5 cm³/mol. The average Bonchev–Trinajstić information content (AvgIpc) is 2.33. The summed E-state index contributed by atoms with van der Waals surface area (Å²) in [5, 5.41) is 2.74. The summed E-state index contributed by atoms with van der Waals surface area (Å²) in [6.45, 7) is 0. The van der Waals surface area contributed by atoms with Gasteiger partial charge < -0.3 is 5.32 Å². The summed E-state index contributed by atoms with van der Waals surface area (Å²) < 4.78 is 0.658. The van der Waals surface area contributed by atoms with Gasteiger partial charge in [-0.15, -0.1) is 0 Å². The first kappa shape index (κ1) is 12.2. The van der Waals surface area contributed by atoms with Gasteiger partial charge in [-0.05, 0) is 41.6 Å². The minimum Gasteiger partial charge on any atom is -0.309 e. The van der Waals surface area contributed by atoms with Crippen molar-refractivity contribution in [2.75, 3.05) is 5.32 Å². The molecule has 1 amide bonds. The zero-order valence-electron chi connectivity index (χ0n) is 9.45. The molecule has 1 N–H and O–H groups in total. The van der Waals surface area contributed by atoms with Gasteiger partial charge in [0.25, 0.3) is 0 Å². The lowest BCUT2D eigenvalue weighted by molar-refractivity contribution is -0.115. The smallest absolute Gasteiger partial charge is 0.229 e. The highest BCUT2D eigenvalue weighted by Crippen LogP contribution is 2.20. The van der Waals surface area contributed by atoms with E-state index >= 15 is 0 Å². The first-order valence-electron chi connectivity index (χ1n) is 5.69. The molecule has 5 heteroatoms. The molecule has 0 aromatic carbocycles. The van der Waals surface area contributed by atoms with Crippen molar-refractivity contribution in [1.82, 2.24) is 9.97 Å². The topological polar surface area (TPSA) is 54.9 Å². The number of nitrogens with zero attached hydrogens (tertiary/aromatic N) is 2. The molecule has 0 saturated carbocycles. The molecule has 17 heavy (non-hydrogen) atoms. The van der Waals surface area contributed by atoms with E-state index in [2.05, 4.69) is 37.3 Å². The van der Waals surface area contributed by atoms with E-state index in [1.165, 1.54) is 24.6 Å². The summed E-state index contributed by atoms with van der Waals surface area (Å²) in [5.41, 5.74) is 1.24. The van der Waals surface area contributed by atoms with Crippen LogP contribution in [0.1, 0.15) is 32.1 Å². The Kier molecular flexibility index (Phi) is 4.25. The molecule has 0 radical (unpaired) electrons. The number of allylic oxidation sites excluding steroid dienone is 1. The molecule has 0 aliphatic heterocycles. The number of halogens is 1. The van der Waals surface area contributed by atoms with Crippen molar-refractivity contribution in [2.24, 2.45) is 0 Å². The molecule has 90 valence electrons. The lowest BCUT2D eigenvalue weighted by Gasteiger charge is -2.12.